The van der Waals surface area contributed by atoms with Crippen LogP contribution in [-0.2, 0) is 0 Å². The molecule has 0 aliphatic rings. The van der Waals surface area contributed by atoms with E-state index in [1.165, 1.54) is 61.1 Å². The van der Waals surface area contributed by atoms with Crippen LogP contribution in [0, 0.1) is 0 Å². The maximum atomic E-state index is 12.4. The van der Waals surface area contributed by atoms with Gasteiger partial charge in [0, 0.05) is 18.2 Å². The van der Waals surface area contributed by atoms with E-state index in [0.717, 1.165) is 6.07 Å². The summed E-state index contributed by atoms with van der Waals surface area (Å²) in [6, 6.07) is 19.1. The predicted molar refractivity (Wildman–Crippen MR) is 144 cm³/mol. The second-order valence-electron chi connectivity index (χ2n) is 8.57. The van der Waals surface area contributed by atoms with Crippen LogP contribution < -0.4 is 10.9 Å². The fourth-order valence-electron chi connectivity index (χ4n) is 4.02. The molecule has 0 amide bonds. The Morgan fingerprint density at radius 2 is 0.974 bits per heavy atom. The summed E-state index contributed by atoms with van der Waals surface area (Å²) in [5.74, 6) is -0.247. The number of benzene rings is 4. The van der Waals surface area contributed by atoms with Crippen molar-refractivity contribution in [3.8, 4) is 51.0 Å². The minimum atomic E-state index is -0.408. The molecule has 0 bridgehead atoms. The Hall–Kier alpha value is -5.70. The number of aromatic hydroxyl groups is 5. The third kappa shape index (κ3) is 4.96. The summed E-state index contributed by atoms with van der Waals surface area (Å²) < 4.78 is 10.7. The molecule has 6 rings (SSSR count). The highest BCUT2D eigenvalue weighted by Crippen LogP contribution is 2.30. The summed E-state index contributed by atoms with van der Waals surface area (Å²) in [6.45, 7) is 0. The summed E-state index contributed by atoms with van der Waals surface area (Å²) in [6.07, 6.45) is 2.62. The van der Waals surface area contributed by atoms with E-state index < -0.39 is 5.43 Å². The topological polar surface area (TPSA) is 162 Å². The van der Waals surface area contributed by atoms with Gasteiger partial charge in [-0.3, -0.25) is 9.59 Å². The van der Waals surface area contributed by atoms with E-state index in [4.69, 9.17) is 8.83 Å². The quantitative estimate of drug-likeness (QED) is 0.198. The van der Waals surface area contributed by atoms with Crippen LogP contribution in [0.1, 0.15) is 0 Å². The molecule has 0 saturated heterocycles. The predicted octanol–water partition coefficient (Wildman–Crippen LogP) is 5.45. The van der Waals surface area contributed by atoms with Crippen LogP contribution in [0.15, 0.2) is 110 Å². The number of rotatable bonds is 2. The highest BCUT2D eigenvalue weighted by molar-refractivity contribution is 5.88. The zero-order valence-electron chi connectivity index (χ0n) is 20.0. The molecule has 0 saturated carbocycles. The minimum Gasteiger partial charge on any atom is -0.508 e. The second-order valence-corrected chi connectivity index (χ2v) is 8.57. The van der Waals surface area contributed by atoms with Gasteiger partial charge in [-0.25, -0.2) is 0 Å². The van der Waals surface area contributed by atoms with Gasteiger partial charge in [-0.05, 0) is 47.5 Å². The molecule has 0 aliphatic heterocycles. The van der Waals surface area contributed by atoms with Crippen molar-refractivity contribution in [1.82, 2.24) is 0 Å². The SMILES string of the molecule is O=c1c(-c2ccc(O)cc2)coc2cc(O)cc(O)c12.O=c1c(-c2ccc(O)cc2)coc2cc(O)ccc12. The zero-order chi connectivity index (χ0) is 27.7. The van der Waals surface area contributed by atoms with Gasteiger partial charge in [0.15, 0.2) is 5.43 Å². The van der Waals surface area contributed by atoms with Gasteiger partial charge in [0.1, 0.15) is 57.8 Å². The third-order valence-electron chi connectivity index (χ3n) is 5.96. The zero-order valence-corrected chi connectivity index (χ0v) is 20.0. The van der Waals surface area contributed by atoms with Crippen molar-refractivity contribution in [2.45, 2.75) is 0 Å². The van der Waals surface area contributed by atoms with Crippen LogP contribution in [-0.4, -0.2) is 25.5 Å². The summed E-state index contributed by atoms with van der Waals surface area (Å²) >= 11 is 0. The van der Waals surface area contributed by atoms with Crippen LogP contribution in [0.5, 0.6) is 28.7 Å². The van der Waals surface area contributed by atoms with Crippen LogP contribution >= 0.6 is 0 Å². The number of phenolic OH excluding ortho intramolecular Hbond substituents is 5. The summed E-state index contributed by atoms with van der Waals surface area (Å²) in [5.41, 5.74) is 1.77. The normalized spacial score (nSPS) is 10.8. The van der Waals surface area contributed by atoms with Gasteiger partial charge < -0.3 is 34.4 Å². The van der Waals surface area contributed by atoms with Gasteiger partial charge in [0.2, 0.25) is 5.43 Å². The number of hydrogen-bond acceptors (Lipinski definition) is 9. The molecule has 0 spiro atoms. The molecular formula is C30H20O9. The van der Waals surface area contributed by atoms with E-state index in [1.54, 1.807) is 24.3 Å². The van der Waals surface area contributed by atoms with Crippen LogP contribution in [0.3, 0.4) is 0 Å². The Kier molecular flexibility index (Phi) is 6.39. The lowest BCUT2D eigenvalue weighted by molar-refractivity contribution is 0.452. The summed E-state index contributed by atoms with van der Waals surface area (Å²) in [7, 11) is 0. The molecule has 9 heteroatoms. The molecule has 2 aromatic heterocycles. The van der Waals surface area contributed by atoms with Gasteiger partial charge in [-0.15, -0.1) is 0 Å². The molecule has 9 nitrogen and oxygen atoms in total. The molecule has 2 heterocycles. The fourth-order valence-corrected chi connectivity index (χ4v) is 4.02. The van der Waals surface area contributed by atoms with Crippen molar-refractivity contribution >= 4 is 21.9 Å². The lowest BCUT2D eigenvalue weighted by Crippen LogP contribution is -2.04. The average molecular weight is 524 g/mol. The Balaban J connectivity index is 0.000000158. The Labute approximate surface area is 219 Å². The first-order chi connectivity index (χ1) is 18.7. The largest absolute Gasteiger partial charge is 0.508 e. The van der Waals surface area contributed by atoms with E-state index >= 15 is 0 Å². The van der Waals surface area contributed by atoms with Crippen LogP contribution in [0.4, 0.5) is 0 Å². The number of fused-ring (bicyclic) bond motifs is 2. The van der Waals surface area contributed by atoms with Crippen molar-refractivity contribution in [3.63, 3.8) is 0 Å². The van der Waals surface area contributed by atoms with E-state index in [9.17, 15) is 35.1 Å². The highest BCUT2D eigenvalue weighted by atomic mass is 16.3. The molecule has 0 fully saturated rings. The first-order valence-electron chi connectivity index (χ1n) is 11.5. The van der Waals surface area contributed by atoms with E-state index in [-0.39, 0.29) is 50.7 Å². The minimum absolute atomic E-state index is 0.00775. The molecular weight excluding hydrogens is 504 g/mol. The molecule has 194 valence electrons. The van der Waals surface area contributed by atoms with Gasteiger partial charge in [0.05, 0.1) is 16.5 Å². The van der Waals surface area contributed by atoms with E-state index in [2.05, 4.69) is 0 Å². The Morgan fingerprint density at radius 3 is 1.56 bits per heavy atom. The van der Waals surface area contributed by atoms with Crippen LogP contribution in [0.2, 0.25) is 0 Å². The standard InChI is InChI=1S/C15H10O5.C15H10O4/c16-9-3-1-8(2-4-9)11-7-20-13-6-10(17)5-12(18)14(13)15(11)19;16-10-3-1-9(2-4-10)13-8-19-14-7-11(17)5-6-12(14)15(13)18/h1-7,16-18H;1-8,16-17H. The Bertz CT molecular complexity index is 1930. The average Bonchev–Trinajstić information content (AvgIpc) is 2.90. The van der Waals surface area contributed by atoms with Gasteiger partial charge in [-0.2, -0.15) is 0 Å². The second kappa shape index (κ2) is 9.98. The van der Waals surface area contributed by atoms with Crippen molar-refractivity contribution in [2.24, 2.45) is 0 Å². The van der Waals surface area contributed by atoms with Crippen molar-refractivity contribution in [1.29, 1.82) is 0 Å². The molecule has 0 atom stereocenters. The van der Waals surface area contributed by atoms with E-state index in [0.29, 0.717) is 27.7 Å². The molecule has 4 aromatic carbocycles. The third-order valence-corrected chi connectivity index (χ3v) is 5.96. The lowest BCUT2D eigenvalue weighted by Gasteiger charge is -2.05. The monoisotopic (exact) mass is 524 g/mol. The molecule has 0 unspecified atom stereocenters. The number of hydrogen-bond donors (Lipinski definition) is 5. The smallest absolute Gasteiger partial charge is 0.204 e. The van der Waals surface area contributed by atoms with Gasteiger partial charge >= 0.3 is 0 Å². The first-order valence-corrected chi connectivity index (χ1v) is 11.5. The van der Waals surface area contributed by atoms with Crippen molar-refractivity contribution < 1.29 is 34.4 Å². The molecule has 0 radical (unpaired) electrons. The summed E-state index contributed by atoms with van der Waals surface area (Å²) in [5, 5.41) is 47.4. The van der Waals surface area contributed by atoms with Gasteiger partial charge in [0.25, 0.3) is 0 Å². The maximum absolute atomic E-state index is 12.4. The van der Waals surface area contributed by atoms with Gasteiger partial charge in [-0.1, -0.05) is 24.3 Å². The highest BCUT2D eigenvalue weighted by Gasteiger charge is 2.14. The summed E-state index contributed by atoms with van der Waals surface area (Å²) in [4.78, 5) is 24.7. The molecule has 0 aliphatic carbocycles. The van der Waals surface area contributed by atoms with Crippen molar-refractivity contribution in [2.75, 3.05) is 0 Å². The van der Waals surface area contributed by atoms with Crippen LogP contribution in [0.25, 0.3) is 44.2 Å². The maximum Gasteiger partial charge on any atom is 0.204 e. The van der Waals surface area contributed by atoms with E-state index in [1.807, 2.05) is 0 Å². The molecule has 39 heavy (non-hydrogen) atoms. The molecule has 5 N–H and O–H groups in total. The molecule has 6 aromatic rings. The van der Waals surface area contributed by atoms with Crippen molar-refractivity contribution in [3.05, 3.63) is 112 Å². The number of phenols is 5. The fraction of sp³-hybridized carbons (Fsp3) is 0. The Morgan fingerprint density at radius 1 is 0.487 bits per heavy atom. The first kappa shape index (κ1) is 25.0. The lowest BCUT2D eigenvalue weighted by atomic mass is 10.0.